The van der Waals surface area contributed by atoms with Gasteiger partial charge in [0.05, 0.1) is 6.61 Å². The van der Waals surface area contributed by atoms with Crippen molar-refractivity contribution in [1.29, 1.82) is 0 Å². The molecule has 1 amide bonds. The molecule has 1 unspecified atom stereocenters. The Bertz CT molecular complexity index is 916. The van der Waals surface area contributed by atoms with E-state index < -0.39 is 17.7 Å². The summed E-state index contributed by atoms with van der Waals surface area (Å²) < 4.78 is 16.6. The van der Waals surface area contributed by atoms with E-state index in [0.29, 0.717) is 6.61 Å². The summed E-state index contributed by atoms with van der Waals surface area (Å²) in [6.07, 6.45) is 0.975. The van der Waals surface area contributed by atoms with E-state index in [2.05, 4.69) is 11.4 Å². The lowest BCUT2D eigenvalue weighted by atomic mass is 10.1. The lowest BCUT2D eigenvalue weighted by Gasteiger charge is -2.19. The third-order valence-corrected chi connectivity index (χ3v) is 4.70. The normalized spacial score (nSPS) is 15.3. The standard InChI is InChI=1S/C24H29NO5/c1-16-7-5-9-19(11-16)29-21-10-6-8-18-12-17(13-20(18)21)15-28-22(26)14-25-23(27)30-24(2,3)4/h5-11,17H,12-15H2,1-4H3,(H,25,27). The van der Waals surface area contributed by atoms with Gasteiger partial charge < -0.3 is 19.5 Å². The zero-order valence-electron chi connectivity index (χ0n) is 18.0. The Balaban J connectivity index is 1.50. The smallest absolute Gasteiger partial charge is 0.408 e. The minimum absolute atomic E-state index is 0.188. The van der Waals surface area contributed by atoms with E-state index in [4.69, 9.17) is 14.2 Å². The first kappa shape index (κ1) is 21.7. The maximum absolute atomic E-state index is 12.0. The Hall–Kier alpha value is -3.02. The lowest BCUT2D eigenvalue weighted by Crippen LogP contribution is -2.36. The van der Waals surface area contributed by atoms with Crippen molar-refractivity contribution in [1.82, 2.24) is 5.32 Å². The van der Waals surface area contributed by atoms with Gasteiger partial charge in [0.25, 0.3) is 0 Å². The predicted octanol–water partition coefficient (Wildman–Crippen LogP) is 4.57. The van der Waals surface area contributed by atoms with Crippen LogP contribution >= 0.6 is 0 Å². The molecular weight excluding hydrogens is 382 g/mol. The van der Waals surface area contributed by atoms with E-state index >= 15 is 0 Å². The van der Waals surface area contributed by atoms with Gasteiger partial charge in [-0.2, -0.15) is 0 Å². The first-order chi connectivity index (χ1) is 14.2. The van der Waals surface area contributed by atoms with Crippen LogP contribution in [0.3, 0.4) is 0 Å². The van der Waals surface area contributed by atoms with Gasteiger partial charge in [-0.25, -0.2) is 4.79 Å². The molecule has 30 heavy (non-hydrogen) atoms. The van der Waals surface area contributed by atoms with Crippen LogP contribution in [-0.2, 0) is 27.1 Å². The van der Waals surface area contributed by atoms with Crippen LogP contribution in [0.1, 0.15) is 37.5 Å². The second-order valence-corrected chi connectivity index (χ2v) is 8.63. The molecule has 0 fully saturated rings. The van der Waals surface area contributed by atoms with Crippen molar-refractivity contribution in [3.63, 3.8) is 0 Å². The minimum Gasteiger partial charge on any atom is -0.464 e. The molecule has 0 heterocycles. The molecular formula is C24H29NO5. The first-order valence-corrected chi connectivity index (χ1v) is 10.2. The number of benzene rings is 2. The Labute approximate surface area is 177 Å². The zero-order valence-corrected chi connectivity index (χ0v) is 18.0. The Morgan fingerprint density at radius 3 is 2.60 bits per heavy atom. The van der Waals surface area contributed by atoms with Gasteiger partial charge in [0, 0.05) is 5.92 Å². The number of carbonyl (C=O) groups is 2. The molecule has 3 rings (SSSR count). The summed E-state index contributed by atoms with van der Waals surface area (Å²) in [6, 6.07) is 14.0. The van der Waals surface area contributed by atoms with Crippen LogP contribution < -0.4 is 10.1 Å². The quantitative estimate of drug-likeness (QED) is 0.705. The molecule has 1 N–H and O–H groups in total. The Morgan fingerprint density at radius 2 is 1.87 bits per heavy atom. The van der Waals surface area contributed by atoms with E-state index in [9.17, 15) is 9.59 Å². The van der Waals surface area contributed by atoms with Gasteiger partial charge in [0.2, 0.25) is 0 Å². The highest BCUT2D eigenvalue weighted by Gasteiger charge is 2.26. The molecule has 6 nitrogen and oxygen atoms in total. The number of carbonyl (C=O) groups excluding carboxylic acids is 2. The molecule has 1 atom stereocenters. The zero-order chi connectivity index (χ0) is 21.7. The van der Waals surface area contributed by atoms with Crippen molar-refractivity contribution in [3.8, 4) is 11.5 Å². The topological polar surface area (TPSA) is 73.9 Å². The maximum atomic E-state index is 12.0. The van der Waals surface area contributed by atoms with Crippen LogP contribution in [0.2, 0.25) is 0 Å². The van der Waals surface area contributed by atoms with Gasteiger partial charge in [-0.05, 0) is 75.4 Å². The number of hydrogen-bond acceptors (Lipinski definition) is 5. The van der Waals surface area contributed by atoms with Gasteiger partial charge in [-0.3, -0.25) is 4.79 Å². The average molecular weight is 411 g/mol. The van der Waals surface area contributed by atoms with Crippen molar-refractivity contribution in [2.75, 3.05) is 13.2 Å². The fourth-order valence-electron chi connectivity index (χ4n) is 3.45. The van der Waals surface area contributed by atoms with Crippen LogP contribution in [0.5, 0.6) is 11.5 Å². The van der Waals surface area contributed by atoms with Crippen LogP contribution in [-0.4, -0.2) is 30.8 Å². The number of nitrogens with one attached hydrogen (secondary N) is 1. The summed E-state index contributed by atoms with van der Waals surface area (Å²) in [5.74, 6) is 1.37. The number of esters is 1. The average Bonchev–Trinajstić information content (AvgIpc) is 3.08. The van der Waals surface area contributed by atoms with Crippen molar-refractivity contribution >= 4 is 12.1 Å². The van der Waals surface area contributed by atoms with Crippen LogP contribution in [0.25, 0.3) is 0 Å². The number of fused-ring (bicyclic) bond motifs is 1. The monoisotopic (exact) mass is 411 g/mol. The van der Waals surface area contributed by atoms with E-state index in [1.807, 2.05) is 43.3 Å². The molecule has 0 spiro atoms. The third kappa shape index (κ3) is 6.24. The molecule has 1 aliphatic rings. The molecule has 2 aromatic rings. The van der Waals surface area contributed by atoms with Crippen molar-refractivity contribution in [2.24, 2.45) is 5.92 Å². The van der Waals surface area contributed by atoms with Gasteiger partial charge in [0.15, 0.2) is 0 Å². The van der Waals surface area contributed by atoms with Gasteiger partial charge in [0.1, 0.15) is 23.6 Å². The van der Waals surface area contributed by atoms with Crippen molar-refractivity contribution in [3.05, 3.63) is 59.2 Å². The molecule has 0 bridgehead atoms. The summed E-state index contributed by atoms with van der Waals surface area (Å²) in [4.78, 5) is 23.6. The van der Waals surface area contributed by atoms with E-state index in [1.165, 1.54) is 5.56 Å². The summed E-state index contributed by atoms with van der Waals surface area (Å²) in [5.41, 5.74) is 2.91. The summed E-state index contributed by atoms with van der Waals surface area (Å²) in [6.45, 7) is 7.41. The molecule has 6 heteroatoms. The van der Waals surface area contributed by atoms with Crippen LogP contribution in [0.15, 0.2) is 42.5 Å². The Morgan fingerprint density at radius 1 is 1.10 bits per heavy atom. The second-order valence-electron chi connectivity index (χ2n) is 8.63. The lowest BCUT2D eigenvalue weighted by molar-refractivity contribution is -0.143. The van der Waals surface area contributed by atoms with E-state index in [0.717, 1.165) is 35.5 Å². The summed E-state index contributed by atoms with van der Waals surface area (Å²) in [5, 5.41) is 2.42. The highest BCUT2D eigenvalue weighted by Crippen LogP contribution is 2.36. The highest BCUT2D eigenvalue weighted by molar-refractivity contribution is 5.78. The largest absolute Gasteiger partial charge is 0.464 e. The minimum atomic E-state index is -0.634. The third-order valence-electron chi connectivity index (χ3n) is 4.70. The maximum Gasteiger partial charge on any atom is 0.408 e. The van der Waals surface area contributed by atoms with Crippen molar-refractivity contribution < 1.29 is 23.8 Å². The molecule has 0 radical (unpaired) electrons. The molecule has 0 aromatic heterocycles. The number of aryl methyl sites for hydroxylation is 1. The number of hydrogen-bond donors (Lipinski definition) is 1. The molecule has 2 aromatic carbocycles. The molecule has 160 valence electrons. The second kappa shape index (κ2) is 9.20. The molecule has 1 aliphatic carbocycles. The van der Waals surface area contributed by atoms with Crippen LogP contribution in [0, 0.1) is 12.8 Å². The molecule has 0 saturated carbocycles. The summed E-state index contributed by atoms with van der Waals surface area (Å²) in [7, 11) is 0. The number of ether oxygens (including phenoxy) is 3. The summed E-state index contributed by atoms with van der Waals surface area (Å²) >= 11 is 0. The van der Waals surface area contributed by atoms with Crippen molar-refractivity contribution in [2.45, 2.75) is 46.1 Å². The van der Waals surface area contributed by atoms with Gasteiger partial charge >= 0.3 is 12.1 Å². The van der Waals surface area contributed by atoms with E-state index in [-0.39, 0.29) is 12.5 Å². The van der Waals surface area contributed by atoms with Gasteiger partial charge in [-0.1, -0.05) is 24.3 Å². The fourth-order valence-corrected chi connectivity index (χ4v) is 3.45. The predicted molar refractivity (Wildman–Crippen MR) is 114 cm³/mol. The fraction of sp³-hybridized carbons (Fsp3) is 0.417. The number of amides is 1. The van der Waals surface area contributed by atoms with Crippen LogP contribution in [0.4, 0.5) is 4.79 Å². The highest BCUT2D eigenvalue weighted by atomic mass is 16.6. The molecule has 0 saturated heterocycles. The molecule has 0 aliphatic heterocycles. The number of rotatable bonds is 6. The first-order valence-electron chi connectivity index (χ1n) is 10.2. The van der Waals surface area contributed by atoms with Gasteiger partial charge in [-0.15, -0.1) is 0 Å². The van der Waals surface area contributed by atoms with E-state index in [1.54, 1.807) is 20.8 Å². The number of alkyl carbamates (subject to hydrolysis) is 1. The SMILES string of the molecule is Cc1cccc(Oc2cccc3c2CC(COC(=O)CNC(=O)OC(C)(C)C)C3)c1. The Kier molecular flexibility index (Phi) is 6.65.